The van der Waals surface area contributed by atoms with Crippen molar-refractivity contribution in [2.24, 2.45) is 0 Å². The van der Waals surface area contributed by atoms with Crippen LogP contribution in [0, 0.1) is 0 Å². The topological polar surface area (TPSA) is 102 Å². The number of esters is 2. The number of hydrogen-bond donors (Lipinski definition) is 2. The molecule has 0 saturated carbocycles. The maximum absolute atomic E-state index is 12.2. The van der Waals surface area contributed by atoms with Crippen LogP contribution in [0.25, 0.3) is 0 Å². The van der Waals surface area contributed by atoms with Crippen molar-refractivity contribution in [1.82, 2.24) is 20.6 Å². The van der Waals surface area contributed by atoms with E-state index in [2.05, 4.69) is 20.6 Å². The molecule has 3 rings (SSSR count). The lowest BCUT2D eigenvalue weighted by Gasteiger charge is -2.38. The maximum atomic E-state index is 12.2. The Bertz CT molecular complexity index is 861. The Balaban J connectivity index is 1.89. The fourth-order valence-electron chi connectivity index (χ4n) is 4.00. The highest BCUT2D eigenvalue weighted by atomic mass is 16.5. The van der Waals surface area contributed by atoms with Crippen LogP contribution in [-0.2, 0) is 22.6 Å². The van der Waals surface area contributed by atoms with E-state index in [0.717, 1.165) is 50.7 Å². The summed E-state index contributed by atoms with van der Waals surface area (Å²) in [7, 11) is 0. The molecule has 178 valence electrons. The van der Waals surface area contributed by atoms with E-state index in [0.29, 0.717) is 42.2 Å². The Labute approximate surface area is 195 Å². The summed E-state index contributed by atoms with van der Waals surface area (Å²) >= 11 is 0. The lowest BCUT2D eigenvalue weighted by atomic mass is 10.2. The number of nitrogens with one attached hydrogen (secondary N) is 2. The summed E-state index contributed by atoms with van der Waals surface area (Å²) in [6.45, 7) is 10.7. The van der Waals surface area contributed by atoms with Crippen LogP contribution in [-0.4, -0.2) is 78.9 Å². The molecule has 9 nitrogen and oxygen atoms in total. The summed E-state index contributed by atoms with van der Waals surface area (Å²) < 4.78 is 10.9. The van der Waals surface area contributed by atoms with Crippen LogP contribution in [0.4, 0.5) is 0 Å². The van der Waals surface area contributed by atoms with E-state index < -0.39 is 11.9 Å². The van der Waals surface area contributed by atoms with Gasteiger partial charge in [0.2, 0.25) is 0 Å². The molecule has 33 heavy (non-hydrogen) atoms. The molecule has 3 heterocycles. The fraction of sp³-hybridized carbons (Fsp3) is 0.500. The zero-order valence-corrected chi connectivity index (χ0v) is 19.5. The van der Waals surface area contributed by atoms with Crippen LogP contribution in [0.15, 0.2) is 36.4 Å². The van der Waals surface area contributed by atoms with Crippen LogP contribution < -0.4 is 10.6 Å². The number of quaternary nitrogens is 1. The molecule has 1 aliphatic rings. The van der Waals surface area contributed by atoms with Crippen LogP contribution in [0.1, 0.15) is 46.2 Å². The van der Waals surface area contributed by atoms with Crippen molar-refractivity contribution in [3.63, 3.8) is 0 Å². The molecule has 9 heteroatoms. The van der Waals surface area contributed by atoms with Crippen molar-refractivity contribution >= 4 is 11.9 Å². The second kappa shape index (κ2) is 12.4. The van der Waals surface area contributed by atoms with E-state index in [1.54, 1.807) is 26.0 Å². The molecular formula is C24H34N5O4+. The lowest BCUT2D eigenvalue weighted by molar-refractivity contribution is -0.952. The number of carbonyl (C=O) groups is 2. The number of rotatable bonds is 8. The van der Waals surface area contributed by atoms with Crippen molar-refractivity contribution in [2.45, 2.75) is 26.9 Å². The Morgan fingerprint density at radius 2 is 1.24 bits per heavy atom. The molecule has 2 aromatic heterocycles. The molecule has 2 aromatic rings. The van der Waals surface area contributed by atoms with Gasteiger partial charge in [0.15, 0.2) is 0 Å². The fourth-order valence-corrected chi connectivity index (χ4v) is 4.00. The molecule has 1 fully saturated rings. The average Bonchev–Trinajstić information content (AvgIpc) is 2.92. The highest BCUT2D eigenvalue weighted by Crippen LogP contribution is 2.19. The van der Waals surface area contributed by atoms with Gasteiger partial charge in [-0.2, -0.15) is 0 Å². The Hall–Kier alpha value is -2.88. The van der Waals surface area contributed by atoms with E-state index in [9.17, 15) is 9.59 Å². The maximum Gasteiger partial charge on any atom is 0.356 e. The largest absolute Gasteiger partial charge is 0.461 e. The van der Waals surface area contributed by atoms with Crippen molar-refractivity contribution < 1.29 is 23.5 Å². The molecule has 0 aromatic carbocycles. The normalized spacial score (nSPS) is 16.2. The summed E-state index contributed by atoms with van der Waals surface area (Å²) in [5.74, 6) is -0.829. The smallest absolute Gasteiger partial charge is 0.356 e. The number of aromatic nitrogens is 2. The third-order valence-corrected chi connectivity index (χ3v) is 5.58. The molecule has 0 atom stereocenters. The molecule has 0 radical (unpaired) electrons. The molecule has 0 spiro atoms. The van der Waals surface area contributed by atoms with Gasteiger partial charge in [-0.15, -0.1) is 0 Å². The zero-order valence-electron chi connectivity index (χ0n) is 19.5. The molecule has 2 N–H and O–H groups in total. The molecular weight excluding hydrogens is 422 g/mol. The Morgan fingerprint density at radius 3 is 1.67 bits per heavy atom. The minimum atomic E-state index is -0.414. The summed E-state index contributed by atoms with van der Waals surface area (Å²) in [6.07, 6.45) is 0. The molecule has 0 bridgehead atoms. The third kappa shape index (κ3) is 7.31. The first-order chi connectivity index (χ1) is 16.0. The first-order valence-electron chi connectivity index (χ1n) is 11.6. The van der Waals surface area contributed by atoms with Crippen molar-refractivity contribution in [3.8, 4) is 0 Å². The average molecular weight is 457 g/mol. The molecule has 1 aliphatic heterocycles. The van der Waals surface area contributed by atoms with Gasteiger partial charge in [0.1, 0.15) is 24.5 Å². The van der Waals surface area contributed by atoms with E-state index in [1.165, 1.54) is 0 Å². The zero-order chi connectivity index (χ0) is 23.5. The molecule has 0 aliphatic carbocycles. The van der Waals surface area contributed by atoms with Gasteiger partial charge >= 0.3 is 11.9 Å². The van der Waals surface area contributed by atoms with Gasteiger partial charge in [0, 0.05) is 26.2 Å². The van der Waals surface area contributed by atoms with Gasteiger partial charge in [0.25, 0.3) is 0 Å². The van der Waals surface area contributed by atoms with Gasteiger partial charge in [-0.3, -0.25) is 0 Å². The highest BCUT2D eigenvalue weighted by Gasteiger charge is 2.30. The van der Waals surface area contributed by atoms with Crippen LogP contribution >= 0.6 is 0 Å². The first kappa shape index (κ1) is 24.8. The second-order valence-electron chi connectivity index (χ2n) is 8.07. The number of carbonyl (C=O) groups excluding carboxylic acids is 2. The minimum Gasteiger partial charge on any atom is -0.461 e. The first-order valence-corrected chi connectivity index (χ1v) is 11.6. The minimum absolute atomic E-state index is 0.310. The van der Waals surface area contributed by atoms with Crippen molar-refractivity contribution in [3.05, 3.63) is 59.2 Å². The summed E-state index contributed by atoms with van der Waals surface area (Å²) in [5, 5.41) is 6.96. The summed E-state index contributed by atoms with van der Waals surface area (Å²) in [6, 6.07) is 10.9. The SMILES string of the molecule is CCOC(=O)c1cccc(C[N+]2(Cc3cccc(C(=O)OCC)n3)CCNCCNCC2)n1. The van der Waals surface area contributed by atoms with Crippen molar-refractivity contribution in [2.75, 3.05) is 52.5 Å². The van der Waals surface area contributed by atoms with E-state index in [4.69, 9.17) is 9.47 Å². The van der Waals surface area contributed by atoms with E-state index in [1.807, 2.05) is 24.3 Å². The van der Waals surface area contributed by atoms with Gasteiger partial charge in [-0.1, -0.05) is 12.1 Å². The summed E-state index contributed by atoms with van der Waals surface area (Å²) in [4.78, 5) is 33.6. The predicted octanol–water partition coefficient (Wildman–Crippen LogP) is 1.54. The molecule has 1 saturated heterocycles. The number of pyridine rings is 2. The standard InChI is InChI=1S/C24H34N5O4/c1-3-32-23(30)21-9-5-7-19(27-21)17-29(15-13-25-11-12-26-14-16-29)18-20-8-6-10-22(28-20)24(31)33-4-2/h5-10,25-26H,3-4,11-18H2,1-2H3/q+1. The Kier molecular flexibility index (Phi) is 9.29. The van der Waals surface area contributed by atoms with Crippen molar-refractivity contribution in [1.29, 1.82) is 0 Å². The monoisotopic (exact) mass is 456 g/mol. The van der Waals surface area contributed by atoms with Gasteiger partial charge in [-0.25, -0.2) is 19.6 Å². The van der Waals surface area contributed by atoms with Gasteiger partial charge in [0.05, 0.1) is 37.7 Å². The molecule has 0 amide bonds. The van der Waals surface area contributed by atoms with Crippen LogP contribution in [0.3, 0.4) is 0 Å². The van der Waals surface area contributed by atoms with Gasteiger partial charge in [-0.05, 0) is 38.1 Å². The lowest BCUT2D eigenvalue weighted by Crippen LogP contribution is -2.52. The predicted molar refractivity (Wildman–Crippen MR) is 124 cm³/mol. The van der Waals surface area contributed by atoms with Gasteiger partial charge < -0.3 is 24.6 Å². The quantitative estimate of drug-likeness (QED) is 0.456. The number of nitrogens with zero attached hydrogens (tertiary/aromatic N) is 3. The van der Waals surface area contributed by atoms with Crippen LogP contribution in [0.5, 0.6) is 0 Å². The van der Waals surface area contributed by atoms with E-state index in [-0.39, 0.29) is 0 Å². The third-order valence-electron chi connectivity index (χ3n) is 5.58. The number of ether oxygens (including phenoxy) is 2. The van der Waals surface area contributed by atoms with Crippen LogP contribution in [0.2, 0.25) is 0 Å². The second-order valence-corrected chi connectivity index (χ2v) is 8.07. The summed E-state index contributed by atoms with van der Waals surface area (Å²) in [5.41, 5.74) is 2.27. The molecule has 0 unspecified atom stereocenters. The van der Waals surface area contributed by atoms with E-state index >= 15 is 0 Å². The number of hydrogen-bond acceptors (Lipinski definition) is 8. The highest BCUT2D eigenvalue weighted by molar-refractivity contribution is 5.87. The Morgan fingerprint density at radius 1 is 0.788 bits per heavy atom.